The Balaban J connectivity index is 0.00000169. The number of amides is 1. The van der Waals surface area contributed by atoms with Gasteiger partial charge in [0.15, 0.2) is 0 Å². The van der Waals surface area contributed by atoms with Crippen molar-refractivity contribution in [1.29, 1.82) is 0 Å². The summed E-state index contributed by atoms with van der Waals surface area (Å²) >= 11 is 5.93. The number of ether oxygens (including phenoxy) is 1. The van der Waals surface area contributed by atoms with E-state index < -0.39 is 5.60 Å². The Morgan fingerprint density at radius 3 is 2.23 bits per heavy atom. The summed E-state index contributed by atoms with van der Waals surface area (Å²) in [6, 6.07) is 7.98. The molecule has 1 aromatic rings. The lowest BCUT2D eigenvalue weighted by Gasteiger charge is -2.42. The van der Waals surface area contributed by atoms with E-state index in [1.165, 1.54) is 5.56 Å². The van der Waals surface area contributed by atoms with Crippen molar-refractivity contribution in [2.45, 2.75) is 25.0 Å². The lowest BCUT2D eigenvalue weighted by Crippen LogP contribution is -2.59. The highest BCUT2D eigenvalue weighted by Gasteiger charge is 2.42. The lowest BCUT2D eigenvalue weighted by molar-refractivity contribution is -0.160. The third-order valence-electron chi connectivity index (χ3n) is 5.17. The second-order valence-corrected chi connectivity index (χ2v) is 7.08. The second kappa shape index (κ2) is 10.7. The predicted molar refractivity (Wildman–Crippen MR) is 110 cm³/mol. The highest BCUT2D eigenvalue weighted by molar-refractivity contribution is 6.30. The Hall–Kier alpha value is -0.560. The first kappa shape index (κ1) is 23.5. The van der Waals surface area contributed by atoms with E-state index in [1.54, 1.807) is 7.11 Å². The van der Waals surface area contributed by atoms with Gasteiger partial charge >= 0.3 is 0 Å². The van der Waals surface area contributed by atoms with E-state index >= 15 is 0 Å². The molecule has 0 aromatic heterocycles. The Labute approximate surface area is 173 Å². The average Bonchev–Trinajstić information content (AvgIpc) is 2.64. The highest BCUT2D eigenvalue weighted by Crippen LogP contribution is 2.26. The van der Waals surface area contributed by atoms with Gasteiger partial charge in [-0.05, 0) is 43.6 Å². The maximum atomic E-state index is 12.9. The van der Waals surface area contributed by atoms with Crippen LogP contribution in [0.15, 0.2) is 24.3 Å². The minimum Gasteiger partial charge on any atom is -0.368 e. The number of hydrogen-bond acceptors (Lipinski definition) is 4. The zero-order valence-electron chi connectivity index (χ0n) is 15.1. The van der Waals surface area contributed by atoms with Crippen molar-refractivity contribution in [3.05, 3.63) is 34.9 Å². The number of rotatable bonds is 4. The fourth-order valence-corrected chi connectivity index (χ4v) is 3.71. The van der Waals surface area contributed by atoms with Gasteiger partial charge in [-0.1, -0.05) is 23.7 Å². The number of nitrogens with zero attached hydrogens (tertiary/aromatic N) is 2. The quantitative estimate of drug-likeness (QED) is 0.807. The Bertz CT molecular complexity index is 557. The van der Waals surface area contributed by atoms with Gasteiger partial charge < -0.3 is 15.0 Å². The summed E-state index contributed by atoms with van der Waals surface area (Å²) in [5.74, 6) is 0.164. The van der Waals surface area contributed by atoms with E-state index in [4.69, 9.17) is 16.3 Å². The van der Waals surface area contributed by atoms with Crippen molar-refractivity contribution < 1.29 is 9.53 Å². The van der Waals surface area contributed by atoms with E-state index in [1.807, 2.05) is 17.0 Å². The summed E-state index contributed by atoms with van der Waals surface area (Å²) in [4.78, 5) is 17.3. The van der Waals surface area contributed by atoms with Crippen molar-refractivity contribution >= 4 is 42.3 Å². The topological polar surface area (TPSA) is 44.8 Å². The van der Waals surface area contributed by atoms with E-state index in [0.717, 1.165) is 63.7 Å². The van der Waals surface area contributed by atoms with Crippen LogP contribution < -0.4 is 5.32 Å². The summed E-state index contributed by atoms with van der Waals surface area (Å²) in [7, 11) is 1.67. The molecule has 0 spiro atoms. The molecule has 5 nitrogen and oxygen atoms in total. The summed E-state index contributed by atoms with van der Waals surface area (Å²) < 4.78 is 5.67. The molecule has 1 aromatic carbocycles. The van der Waals surface area contributed by atoms with Gasteiger partial charge in [-0.15, -0.1) is 24.8 Å². The number of carbonyl (C=O) groups is 1. The number of halogens is 3. The van der Waals surface area contributed by atoms with E-state index in [-0.39, 0.29) is 30.7 Å². The predicted octanol–water partition coefficient (Wildman–Crippen LogP) is 2.60. The van der Waals surface area contributed by atoms with Gasteiger partial charge in [-0.3, -0.25) is 9.69 Å². The molecule has 26 heavy (non-hydrogen) atoms. The van der Waals surface area contributed by atoms with E-state index in [9.17, 15) is 4.79 Å². The van der Waals surface area contributed by atoms with Crippen LogP contribution in [0.4, 0.5) is 0 Å². The van der Waals surface area contributed by atoms with Crippen LogP contribution in [0.5, 0.6) is 0 Å². The minimum absolute atomic E-state index is 0. The first-order valence-electron chi connectivity index (χ1n) is 8.65. The molecule has 0 bridgehead atoms. The molecular weight excluding hydrogens is 397 g/mol. The van der Waals surface area contributed by atoms with Crippen LogP contribution in [0.1, 0.15) is 18.4 Å². The Morgan fingerprint density at radius 2 is 1.69 bits per heavy atom. The first-order chi connectivity index (χ1) is 11.6. The monoisotopic (exact) mass is 423 g/mol. The van der Waals surface area contributed by atoms with Crippen LogP contribution in [-0.4, -0.2) is 67.7 Å². The van der Waals surface area contributed by atoms with Crippen LogP contribution in [0, 0.1) is 0 Å². The summed E-state index contributed by atoms with van der Waals surface area (Å²) in [5, 5.41) is 4.07. The van der Waals surface area contributed by atoms with Crippen molar-refractivity contribution in [3.8, 4) is 0 Å². The molecule has 1 N–H and O–H groups in total. The molecule has 0 atom stereocenters. The fourth-order valence-electron chi connectivity index (χ4n) is 3.58. The maximum absolute atomic E-state index is 12.9. The SMILES string of the molecule is COC1(C(=O)N2CCN(Cc3ccc(Cl)cc3)CC2)CCNCC1.Cl.Cl. The normalized spacial score (nSPS) is 20.0. The summed E-state index contributed by atoms with van der Waals surface area (Å²) in [6.45, 7) is 5.92. The van der Waals surface area contributed by atoms with Gasteiger partial charge in [-0.2, -0.15) is 0 Å². The Kier molecular flexibility index (Phi) is 9.65. The number of carbonyl (C=O) groups excluding carboxylic acids is 1. The average molecular weight is 425 g/mol. The number of methoxy groups -OCH3 is 1. The number of nitrogens with one attached hydrogen (secondary N) is 1. The molecule has 3 rings (SSSR count). The molecule has 2 aliphatic heterocycles. The standard InChI is InChI=1S/C18H26ClN3O2.2ClH/c1-24-18(6-8-20-9-7-18)17(23)22-12-10-21(11-13-22)14-15-2-4-16(19)5-3-15;;/h2-5,20H,6-14H2,1H3;2*1H. The molecule has 0 aliphatic carbocycles. The number of piperazine rings is 1. The van der Waals surface area contributed by atoms with Crippen molar-refractivity contribution in [2.75, 3.05) is 46.4 Å². The largest absolute Gasteiger partial charge is 0.368 e. The maximum Gasteiger partial charge on any atom is 0.254 e. The third kappa shape index (κ3) is 5.47. The smallest absolute Gasteiger partial charge is 0.254 e. The fraction of sp³-hybridized carbons (Fsp3) is 0.611. The van der Waals surface area contributed by atoms with Gasteiger partial charge in [0.2, 0.25) is 0 Å². The van der Waals surface area contributed by atoms with E-state index in [2.05, 4.69) is 22.3 Å². The molecule has 2 heterocycles. The summed E-state index contributed by atoms with van der Waals surface area (Å²) in [6.07, 6.45) is 1.51. The molecule has 0 unspecified atom stereocenters. The Morgan fingerprint density at radius 1 is 1.12 bits per heavy atom. The molecule has 0 radical (unpaired) electrons. The first-order valence-corrected chi connectivity index (χ1v) is 9.03. The van der Waals surface area contributed by atoms with Gasteiger partial charge in [0, 0.05) is 44.9 Å². The molecule has 2 aliphatic rings. The number of hydrogen-bond donors (Lipinski definition) is 1. The molecular formula is C18H28Cl3N3O2. The van der Waals surface area contributed by atoms with Gasteiger partial charge in [0.1, 0.15) is 5.60 Å². The number of piperidine rings is 1. The zero-order valence-corrected chi connectivity index (χ0v) is 17.5. The van der Waals surface area contributed by atoms with Gasteiger partial charge in [0.05, 0.1) is 0 Å². The van der Waals surface area contributed by atoms with E-state index in [0.29, 0.717) is 0 Å². The molecule has 0 saturated carbocycles. The second-order valence-electron chi connectivity index (χ2n) is 6.64. The van der Waals surface area contributed by atoms with Crippen LogP contribution in [0.3, 0.4) is 0 Å². The van der Waals surface area contributed by atoms with Crippen LogP contribution >= 0.6 is 36.4 Å². The van der Waals surface area contributed by atoms with Crippen molar-refractivity contribution in [1.82, 2.24) is 15.1 Å². The zero-order chi connectivity index (χ0) is 17.0. The van der Waals surface area contributed by atoms with Crippen LogP contribution in [0.25, 0.3) is 0 Å². The van der Waals surface area contributed by atoms with Crippen molar-refractivity contribution in [3.63, 3.8) is 0 Å². The molecule has 1 amide bonds. The molecule has 8 heteroatoms. The van der Waals surface area contributed by atoms with Gasteiger partial charge in [0.25, 0.3) is 5.91 Å². The molecule has 2 fully saturated rings. The van der Waals surface area contributed by atoms with Crippen molar-refractivity contribution in [2.24, 2.45) is 0 Å². The molecule has 2 saturated heterocycles. The van der Waals surface area contributed by atoms with Gasteiger partial charge in [-0.25, -0.2) is 0 Å². The van der Waals surface area contributed by atoms with Crippen LogP contribution in [0.2, 0.25) is 5.02 Å². The minimum atomic E-state index is -0.621. The third-order valence-corrected chi connectivity index (χ3v) is 5.42. The highest BCUT2D eigenvalue weighted by atomic mass is 35.5. The van der Waals surface area contributed by atoms with Crippen LogP contribution in [-0.2, 0) is 16.1 Å². The number of benzene rings is 1. The lowest BCUT2D eigenvalue weighted by atomic mass is 9.90. The summed E-state index contributed by atoms with van der Waals surface area (Å²) in [5.41, 5.74) is 0.634. The molecule has 148 valence electrons.